The van der Waals surface area contributed by atoms with E-state index in [0.29, 0.717) is 25.2 Å². The van der Waals surface area contributed by atoms with Crippen LogP contribution in [-0.4, -0.2) is 73.5 Å². The summed E-state index contributed by atoms with van der Waals surface area (Å²) in [5, 5.41) is 0. The average Bonchev–Trinajstić information content (AvgIpc) is 2.61. The van der Waals surface area contributed by atoms with Crippen molar-refractivity contribution in [2.75, 3.05) is 40.8 Å². The van der Waals surface area contributed by atoms with Gasteiger partial charge >= 0.3 is 0 Å². The molecule has 0 saturated carbocycles. The molecule has 5 heteroatoms. The third-order valence-corrected chi connectivity index (χ3v) is 5.43. The van der Waals surface area contributed by atoms with Crippen molar-refractivity contribution in [1.82, 2.24) is 14.7 Å². The van der Waals surface area contributed by atoms with Crippen LogP contribution in [-0.2, 0) is 11.3 Å². The summed E-state index contributed by atoms with van der Waals surface area (Å²) in [6.45, 7) is 7.78. The second-order valence-electron chi connectivity index (χ2n) is 7.13. The van der Waals surface area contributed by atoms with Crippen LogP contribution in [0.3, 0.4) is 0 Å². The number of benzene rings is 1. The molecule has 1 fully saturated rings. The molecular weight excluding hydrogens is 314 g/mol. The normalized spacial score (nSPS) is 21.4. The lowest BCUT2D eigenvalue weighted by atomic mass is 9.97. The van der Waals surface area contributed by atoms with E-state index in [0.717, 1.165) is 37.2 Å². The van der Waals surface area contributed by atoms with Gasteiger partial charge in [0.2, 0.25) is 5.91 Å². The molecular formula is C20H33N3O2. The lowest BCUT2D eigenvalue weighted by Gasteiger charge is -2.40. The van der Waals surface area contributed by atoms with Crippen LogP contribution >= 0.6 is 0 Å². The number of hydrogen-bond acceptors (Lipinski definition) is 4. The molecule has 1 aromatic carbocycles. The molecule has 2 rings (SSSR count). The molecule has 0 aliphatic carbocycles. The van der Waals surface area contributed by atoms with Crippen molar-refractivity contribution in [3.63, 3.8) is 0 Å². The topological polar surface area (TPSA) is 36.0 Å². The third-order valence-electron chi connectivity index (χ3n) is 5.43. The first kappa shape index (κ1) is 19.7. The number of nitrogens with zero attached hydrogens (tertiary/aromatic N) is 3. The number of likely N-dealkylation sites (tertiary alicyclic amines) is 1. The van der Waals surface area contributed by atoms with E-state index < -0.39 is 0 Å². The molecule has 1 aromatic rings. The van der Waals surface area contributed by atoms with Crippen molar-refractivity contribution in [3.8, 4) is 5.75 Å². The second kappa shape index (κ2) is 9.20. The Kier molecular flexibility index (Phi) is 7.26. The van der Waals surface area contributed by atoms with Gasteiger partial charge in [-0.25, -0.2) is 0 Å². The maximum atomic E-state index is 12.6. The highest BCUT2D eigenvalue weighted by molar-refractivity contribution is 5.78. The van der Waals surface area contributed by atoms with E-state index in [2.05, 4.69) is 30.7 Å². The Morgan fingerprint density at radius 3 is 2.68 bits per heavy atom. The van der Waals surface area contributed by atoms with Crippen molar-refractivity contribution >= 4 is 5.91 Å². The smallest absolute Gasteiger partial charge is 0.236 e. The maximum Gasteiger partial charge on any atom is 0.236 e. The van der Waals surface area contributed by atoms with Crippen molar-refractivity contribution in [3.05, 3.63) is 29.8 Å². The van der Waals surface area contributed by atoms with Crippen LogP contribution < -0.4 is 4.74 Å². The molecule has 1 aliphatic heterocycles. The molecule has 1 amide bonds. The summed E-state index contributed by atoms with van der Waals surface area (Å²) in [6.07, 6.45) is 2.27. The predicted octanol–water partition coefficient (Wildman–Crippen LogP) is 2.46. The number of carbonyl (C=O) groups excluding carboxylic acids is 1. The van der Waals surface area contributed by atoms with Crippen molar-refractivity contribution in [1.29, 1.82) is 0 Å². The summed E-state index contributed by atoms with van der Waals surface area (Å²) in [4.78, 5) is 19.2. The van der Waals surface area contributed by atoms with E-state index in [4.69, 9.17) is 4.74 Å². The molecule has 0 aromatic heterocycles. The monoisotopic (exact) mass is 347 g/mol. The van der Waals surface area contributed by atoms with E-state index >= 15 is 0 Å². The summed E-state index contributed by atoms with van der Waals surface area (Å²) < 4.78 is 5.38. The molecule has 140 valence electrons. The van der Waals surface area contributed by atoms with Gasteiger partial charge in [0.15, 0.2) is 0 Å². The Morgan fingerprint density at radius 1 is 1.32 bits per heavy atom. The van der Waals surface area contributed by atoms with Gasteiger partial charge in [-0.2, -0.15) is 0 Å². The van der Waals surface area contributed by atoms with Gasteiger partial charge in [0, 0.05) is 31.2 Å². The number of ether oxygens (including phenoxy) is 1. The number of para-hydroxylation sites is 1. The predicted molar refractivity (Wildman–Crippen MR) is 102 cm³/mol. The average molecular weight is 348 g/mol. The van der Waals surface area contributed by atoms with Gasteiger partial charge in [-0.1, -0.05) is 25.1 Å². The van der Waals surface area contributed by atoms with Crippen LogP contribution in [0.25, 0.3) is 0 Å². The molecule has 1 aliphatic rings. The van der Waals surface area contributed by atoms with Gasteiger partial charge in [-0.3, -0.25) is 9.69 Å². The zero-order valence-electron chi connectivity index (χ0n) is 16.4. The summed E-state index contributed by atoms with van der Waals surface area (Å²) >= 11 is 0. The molecule has 0 bridgehead atoms. The fraction of sp³-hybridized carbons (Fsp3) is 0.650. The molecule has 0 unspecified atom stereocenters. The molecule has 5 nitrogen and oxygen atoms in total. The van der Waals surface area contributed by atoms with Gasteiger partial charge in [-0.15, -0.1) is 0 Å². The highest BCUT2D eigenvalue weighted by atomic mass is 16.5. The SMILES string of the molecule is CCN1CC[C@H](N(C)CC(=O)N(C)Cc2ccccc2OC)C[C@H]1C. The van der Waals surface area contributed by atoms with Gasteiger partial charge in [0.25, 0.3) is 0 Å². The van der Waals surface area contributed by atoms with Crippen molar-refractivity contribution in [2.24, 2.45) is 0 Å². The first-order valence-corrected chi connectivity index (χ1v) is 9.26. The highest BCUT2D eigenvalue weighted by Crippen LogP contribution is 2.21. The largest absolute Gasteiger partial charge is 0.496 e. The number of carbonyl (C=O) groups is 1. The highest BCUT2D eigenvalue weighted by Gasteiger charge is 2.28. The minimum absolute atomic E-state index is 0.152. The molecule has 0 N–H and O–H groups in total. The molecule has 2 atom stereocenters. The van der Waals surface area contributed by atoms with Gasteiger partial charge in [0.05, 0.1) is 13.7 Å². The quantitative estimate of drug-likeness (QED) is 0.759. The summed E-state index contributed by atoms with van der Waals surface area (Å²) in [7, 11) is 5.61. The number of likely N-dealkylation sites (N-methyl/N-ethyl adjacent to an activating group) is 2. The van der Waals surface area contributed by atoms with Crippen LogP contribution in [0.4, 0.5) is 0 Å². The van der Waals surface area contributed by atoms with Crippen molar-refractivity contribution in [2.45, 2.75) is 45.3 Å². The molecule has 1 heterocycles. The lowest BCUT2D eigenvalue weighted by Crippen LogP contribution is -2.49. The van der Waals surface area contributed by atoms with Gasteiger partial charge in [-0.05, 0) is 46.0 Å². The fourth-order valence-corrected chi connectivity index (χ4v) is 3.71. The minimum atomic E-state index is 0.152. The first-order chi connectivity index (χ1) is 12.0. The Morgan fingerprint density at radius 2 is 2.04 bits per heavy atom. The van der Waals surface area contributed by atoms with E-state index in [9.17, 15) is 4.79 Å². The Bertz CT molecular complexity index is 564. The second-order valence-corrected chi connectivity index (χ2v) is 7.13. The maximum absolute atomic E-state index is 12.6. The fourth-order valence-electron chi connectivity index (χ4n) is 3.71. The number of hydrogen-bond donors (Lipinski definition) is 0. The summed E-state index contributed by atoms with van der Waals surface area (Å²) in [6, 6.07) is 8.94. The van der Waals surface area contributed by atoms with Crippen LogP contribution in [0.5, 0.6) is 5.75 Å². The van der Waals surface area contributed by atoms with E-state index in [1.165, 1.54) is 0 Å². The zero-order valence-corrected chi connectivity index (χ0v) is 16.4. The summed E-state index contributed by atoms with van der Waals surface area (Å²) in [5.41, 5.74) is 1.04. The van der Waals surface area contributed by atoms with E-state index in [1.54, 1.807) is 12.0 Å². The number of amides is 1. The van der Waals surface area contributed by atoms with Gasteiger partial charge in [0.1, 0.15) is 5.75 Å². The van der Waals surface area contributed by atoms with E-state index in [-0.39, 0.29) is 5.91 Å². The Balaban J connectivity index is 1.88. The van der Waals surface area contributed by atoms with Crippen LogP contribution in [0.2, 0.25) is 0 Å². The zero-order chi connectivity index (χ0) is 18.4. The third kappa shape index (κ3) is 5.19. The minimum Gasteiger partial charge on any atom is -0.496 e. The lowest BCUT2D eigenvalue weighted by molar-refractivity contribution is -0.132. The standard InChI is InChI=1S/C20H33N3O2/c1-6-23-12-11-18(13-16(23)2)21(3)15-20(24)22(4)14-17-9-7-8-10-19(17)25-5/h7-10,16,18H,6,11-15H2,1-5H3/t16-,18+/m1/s1. The van der Waals surface area contributed by atoms with E-state index in [1.807, 2.05) is 31.3 Å². The Hall–Kier alpha value is -1.59. The van der Waals surface area contributed by atoms with Gasteiger partial charge < -0.3 is 14.5 Å². The summed E-state index contributed by atoms with van der Waals surface area (Å²) in [5.74, 6) is 0.982. The number of methoxy groups -OCH3 is 1. The van der Waals surface area contributed by atoms with Crippen molar-refractivity contribution < 1.29 is 9.53 Å². The van der Waals surface area contributed by atoms with Crippen LogP contribution in [0.15, 0.2) is 24.3 Å². The van der Waals surface area contributed by atoms with Crippen LogP contribution in [0, 0.1) is 0 Å². The number of rotatable bonds is 7. The molecule has 0 spiro atoms. The molecule has 0 radical (unpaired) electrons. The Labute approximate surface area is 152 Å². The first-order valence-electron chi connectivity index (χ1n) is 9.26. The van der Waals surface area contributed by atoms with Crippen LogP contribution in [0.1, 0.15) is 32.3 Å². The molecule has 25 heavy (non-hydrogen) atoms. The molecule has 1 saturated heterocycles. The number of piperidine rings is 1.